The SMILES string of the molecule is C1CCN2CCC(N3CCNCC3)CC2C1. The molecule has 3 fully saturated rings. The lowest BCUT2D eigenvalue weighted by Crippen LogP contribution is -2.55. The lowest BCUT2D eigenvalue weighted by Gasteiger charge is -2.46. The molecule has 0 amide bonds. The molecule has 0 aromatic heterocycles. The highest BCUT2D eigenvalue weighted by Crippen LogP contribution is 2.28. The van der Waals surface area contributed by atoms with Gasteiger partial charge in [0, 0.05) is 38.3 Å². The maximum absolute atomic E-state index is 3.46. The largest absolute Gasteiger partial charge is 0.314 e. The smallest absolute Gasteiger partial charge is 0.0123 e. The minimum absolute atomic E-state index is 0.890. The summed E-state index contributed by atoms with van der Waals surface area (Å²) in [5.41, 5.74) is 0. The van der Waals surface area contributed by atoms with Crippen molar-refractivity contribution in [2.75, 3.05) is 39.3 Å². The van der Waals surface area contributed by atoms with Crippen LogP contribution in [0.1, 0.15) is 32.1 Å². The van der Waals surface area contributed by atoms with Gasteiger partial charge in [0.1, 0.15) is 0 Å². The first-order chi connectivity index (χ1) is 7.93. The van der Waals surface area contributed by atoms with Crippen molar-refractivity contribution >= 4 is 0 Å². The predicted molar refractivity (Wildman–Crippen MR) is 66.7 cm³/mol. The van der Waals surface area contributed by atoms with Gasteiger partial charge in [-0.3, -0.25) is 4.90 Å². The van der Waals surface area contributed by atoms with Crippen LogP contribution in [0.25, 0.3) is 0 Å². The second-order valence-corrected chi connectivity index (χ2v) is 5.65. The molecule has 0 saturated carbocycles. The van der Waals surface area contributed by atoms with Crippen molar-refractivity contribution in [3.63, 3.8) is 0 Å². The number of rotatable bonds is 1. The minimum Gasteiger partial charge on any atom is -0.314 e. The van der Waals surface area contributed by atoms with Crippen LogP contribution < -0.4 is 5.32 Å². The summed E-state index contributed by atoms with van der Waals surface area (Å²) in [5, 5.41) is 3.46. The van der Waals surface area contributed by atoms with Crippen molar-refractivity contribution in [1.82, 2.24) is 15.1 Å². The molecule has 0 radical (unpaired) electrons. The Hall–Kier alpha value is -0.120. The van der Waals surface area contributed by atoms with Crippen molar-refractivity contribution in [2.24, 2.45) is 0 Å². The van der Waals surface area contributed by atoms with Crippen LogP contribution in [0.3, 0.4) is 0 Å². The van der Waals surface area contributed by atoms with Gasteiger partial charge in [-0.2, -0.15) is 0 Å². The fourth-order valence-corrected chi connectivity index (χ4v) is 3.75. The zero-order valence-electron chi connectivity index (χ0n) is 10.3. The first-order valence-electron chi connectivity index (χ1n) is 7.12. The molecule has 3 aliphatic heterocycles. The number of hydrogen-bond donors (Lipinski definition) is 1. The molecule has 0 bridgehead atoms. The van der Waals surface area contributed by atoms with E-state index in [4.69, 9.17) is 0 Å². The van der Waals surface area contributed by atoms with Crippen LogP contribution in [0.4, 0.5) is 0 Å². The predicted octanol–water partition coefficient (Wildman–Crippen LogP) is 0.909. The van der Waals surface area contributed by atoms with Crippen molar-refractivity contribution in [3.8, 4) is 0 Å². The van der Waals surface area contributed by atoms with Gasteiger partial charge < -0.3 is 10.2 Å². The van der Waals surface area contributed by atoms with Gasteiger partial charge in [0.2, 0.25) is 0 Å². The van der Waals surface area contributed by atoms with Crippen molar-refractivity contribution < 1.29 is 0 Å². The molecule has 0 spiro atoms. The number of nitrogens with zero attached hydrogens (tertiary/aromatic N) is 2. The van der Waals surface area contributed by atoms with Gasteiger partial charge in [-0.1, -0.05) is 6.42 Å². The van der Waals surface area contributed by atoms with Crippen molar-refractivity contribution in [3.05, 3.63) is 0 Å². The fourth-order valence-electron chi connectivity index (χ4n) is 3.75. The molecule has 3 aliphatic rings. The van der Waals surface area contributed by atoms with Gasteiger partial charge in [-0.25, -0.2) is 0 Å². The van der Waals surface area contributed by atoms with E-state index in [2.05, 4.69) is 15.1 Å². The number of piperazine rings is 1. The maximum Gasteiger partial charge on any atom is 0.0123 e. The molecule has 1 N–H and O–H groups in total. The highest BCUT2D eigenvalue weighted by atomic mass is 15.2. The van der Waals surface area contributed by atoms with E-state index in [1.54, 1.807) is 0 Å². The Morgan fingerprint density at radius 3 is 2.38 bits per heavy atom. The summed E-state index contributed by atoms with van der Waals surface area (Å²) in [7, 11) is 0. The standard InChI is InChI=1S/C13H25N3/c1-2-7-15-8-4-13(11-12(15)3-1)16-9-5-14-6-10-16/h12-14H,1-11H2. The molecule has 3 rings (SSSR count). The van der Waals surface area contributed by atoms with Crippen LogP contribution in [-0.2, 0) is 0 Å². The third-order valence-corrected chi connectivity index (χ3v) is 4.71. The maximum atomic E-state index is 3.46. The quantitative estimate of drug-likeness (QED) is 0.713. The summed E-state index contributed by atoms with van der Waals surface area (Å²) in [6.07, 6.45) is 7.23. The molecular formula is C13H25N3. The molecule has 0 aromatic carbocycles. The first-order valence-corrected chi connectivity index (χ1v) is 7.12. The van der Waals surface area contributed by atoms with Crippen LogP contribution in [0.2, 0.25) is 0 Å². The minimum atomic E-state index is 0.890. The Morgan fingerprint density at radius 1 is 0.750 bits per heavy atom. The third-order valence-electron chi connectivity index (χ3n) is 4.71. The van der Waals surface area contributed by atoms with Crippen molar-refractivity contribution in [1.29, 1.82) is 0 Å². The van der Waals surface area contributed by atoms with E-state index in [1.807, 2.05) is 0 Å². The molecule has 0 aliphatic carbocycles. The van der Waals surface area contributed by atoms with Gasteiger partial charge in [-0.05, 0) is 38.8 Å². The zero-order valence-corrected chi connectivity index (χ0v) is 10.3. The zero-order chi connectivity index (χ0) is 10.8. The summed E-state index contributed by atoms with van der Waals surface area (Å²) < 4.78 is 0. The first kappa shape index (κ1) is 11.0. The topological polar surface area (TPSA) is 18.5 Å². The Bertz CT molecular complexity index is 222. The second-order valence-electron chi connectivity index (χ2n) is 5.65. The van der Waals surface area contributed by atoms with E-state index in [1.165, 1.54) is 71.4 Å². The molecule has 0 aromatic rings. The Balaban J connectivity index is 1.57. The Kier molecular flexibility index (Phi) is 3.46. The molecule has 3 nitrogen and oxygen atoms in total. The number of hydrogen-bond acceptors (Lipinski definition) is 3. The van der Waals surface area contributed by atoms with Gasteiger partial charge in [-0.15, -0.1) is 0 Å². The average Bonchev–Trinajstić information content (AvgIpc) is 2.39. The highest BCUT2D eigenvalue weighted by molar-refractivity contribution is 4.89. The van der Waals surface area contributed by atoms with E-state index in [0.717, 1.165) is 12.1 Å². The molecule has 2 atom stereocenters. The fraction of sp³-hybridized carbons (Fsp3) is 1.00. The van der Waals surface area contributed by atoms with Crippen LogP contribution in [0.5, 0.6) is 0 Å². The number of fused-ring (bicyclic) bond motifs is 1. The van der Waals surface area contributed by atoms with Crippen molar-refractivity contribution in [2.45, 2.75) is 44.2 Å². The third kappa shape index (κ3) is 2.27. The van der Waals surface area contributed by atoms with Crippen LogP contribution in [-0.4, -0.2) is 61.2 Å². The Labute approximate surface area is 99.2 Å². The summed E-state index contributed by atoms with van der Waals surface area (Å²) in [5.74, 6) is 0. The lowest BCUT2D eigenvalue weighted by atomic mass is 9.89. The summed E-state index contributed by atoms with van der Waals surface area (Å²) in [6, 6.07) is 1.81. The van der Waals surface area contributed by atoms with E-state index < -0.39 is 0 Å². The van der Waals surface area contributed by atoms with E-state index in [0.29, 0.717) is 0 Å². The van der Waals surface area contributed by atoms with Gasteiger partial charge in [0.05, 0.1) is 0 Å². The van der Waals surface area contributed by atoms with E-state index in [9.17, 15) is 0 Å². The van der Waals surface area contributed by atoms with Crippen LogP contribution in [0, 0.1) is 0 Å². The lowest BCUT2D eigenvalue weighted by molar-refractivity contribution is 0.0395. The summed E-state index contributed by atoms with van der Waals surface area (Å²) >= 11 is 0. The normalized spacial score (nSPS) is 38.2. The van der Waals surface area contributed by atoms with Gasteiger partial charge in [0.25, 0.3) is 0 Å². The van der Waals surface area contributed by atoms with Gasteiger partial charge >= 0.3 is 0 Å². The van der Waals surface area contributed by atoms with E-state index >= 15 is 0 Å². The monoisotopic (exact) mass is 223 g/mol. The molecular weight excluding hydrogens is 198 g/mol. The highest BCUT2D eigenvalue weighted by Gasteiger charge is 2.32. The summed E-state index contributed by atoms with van der Waals surface area (Å²) in [4.78, 5) is 5.49. The molecule has 16 heavy (non-hydrogen) atoms. The Morgan fingerprint density at radius 2 is 1.50 bits per heavy atom. The number of nitrogens with one attached hydrogen (secondary N) is 1. The molecule has 2 unspecified atom stereocenters. The summed E-state index contributed by atoms with van der Waals surface area (Å²) in [6.45, 7) is 7.68. The molecule has 92 valence electrons. The molecule has 3 saturated heterocycles. The van der Waals surface area contributed by atoms with Crippen LogP contribution >= 0.6 is 0 Å². The molecule has 3 heterocycles. The van der Waals surface area contributed by atoms with E-state index in [-0.39, 0.29) is 0 Å². The molecule has 3 heteroatoms. The van der Waals surface area contributed by atoms with Crippen LogP contribution in [0.15, 0.2) is 0 Å². The number of piperidine rings is 2. The van der Waals surface area contributed by atoms with Gasteiger partial charge in [0.15, 0.2) is 0 Å². The average molecular weight is 223 g/mol. The second kappa shape index (κ2) is 5.03.